The molecular formula is C9H8BrF3. The molecule has 72 valence electrons. The molecule has 0 radical (unpaired) electrons. The Morgan fingerprint density at radius 2 is 1.92 bits per heavy atom. The van der Waals surface area contributed by atoms with Crippen molar-refractivity contribution in [3.63, 3.8) is 0 Å². The molecule has 0 heterocycles. The maximum atomic E-state index is 12.2. The van der Waals surface area contributed by atoms with Crippen molar-refractivity contribution in [2.24, 2.45) is 0 Å². The second kappa shape index (κ2) is 3.70. The summed E-state index contributed by atoms with van der Waals surface area (Å²) >= 11 is 2.62. The van der Waals surface area contributed by atoms with E-state index in [2.05, 4.69) is 15.9 Å². The number of alkyl halides is 4. The van der Waals surface area contributed by atoms with Gasteiger partial charge >= 0.3 is 6.18 Å². The normalized spacial score (nSPS) is 14.2. The van der Waals surface area contributed by atoms with Crippen molar-refractivity contribution in [2.75, 3.05) is 0 Å². The van der Waals surface area contributed by atoms with Crippen LogP contribution in [0.15, 0.2) is 24.3 Å². The molecule has 0 saturated carbocycles. The largest absolute Gasteiger partial charge is 0.405 e. The average Bonchev–Trinajstić information content (AvgIpc) is 2.01. The fraction of sp³-hybridized carbons (Fsp3) is 0.333. The van der Waals surface area contributed by atoms with Gasteiger partial charge in [0.15, 0.2) is 0 Å². The van der Waals surface area contributed by atoms with Crippen LogP contribution in [0.3, 0.4) is 0 Å². The first-order chi connectivity index (χ1) is 5.91. The second-order valence-electron chi connectivity index (χ2n) is 2.82. The Balaban J connectivity index is 2.96. The van der Waals surface area contributed by atoms with Gasteiger partial charge in [-0.15, -0.1) is 0 Å². The van der Waals surface area contributed by atoms with Crippen molar-refractivity contribution in [1.82, 2.24) is 0 Å². The van der Waals surface area contributed by atoms with Gasteiger partial charge in [-0.3, -0.25) is 0 Å². The molecule has 13 heavy (non-hydrogen) atoms. The topological polar surface area (TPSA) is 0 Å². The Labute approximate surface area is 82.9 Å². The summed E-state index contributed by atoms with van der Waals surface area (Å²) in [5, 5.41) is 0. The van der Waals surface area contributed by atoms with Crippen LogP contribution in [0.1, 0.15) is 16.0 Å². The van der Waals surface area contributed by atoms with E-state index >= 15 is 0 Å². The van der Waals surface area contributed by atoms with Crippen LogP contribution >= 0.6 is 15.9 Å². The zero-order valence-corrected chi connectivity index (χ0v) is 8.48. The molecular weight excluding hydrogens is 245 g/mol. The van der Waals surface area contributed by atoms with Gasteiger partial charge in [-0.25, -0.2) is 0 Å². The lowest BCUT2D eigenvalue weighted by Gasteiger charge is -2.14. The molecule has 0 aliphatic rings. The highest BCUT2D eigenvalue weighted by atomic mass is 79.9. The van der Waals surface area contributed by atoms with Crippen LogP contribution in [-0.4, -0.2) is 6.18 Å². The Morgan fingerprint density at radius 3 is 2.38 bits per heavy atom. The standard InChI is InChI=1S/C9H8BrF3/c1-6-3-2-4-7(5-6)8(10)9(11,12)13/h2-5,8H,1H3. The molecule has 0 aliphatic heterocycles. The minimum absolute atomic E-state index is 0.243. The first kappa shape index (κ1) is 10.6. The van der Waals surface area contributed by atoms with E-state index in [1.54, 1.807) is 19.1 Å². The molecule has 1 aromatic carbocycles. The third-order valence-electron chi connectivity index (χ3n) is 1.62. The van der Waals surface area contributed by atoms with E-state index in [-0.39, 0.29) is 5.56 Å². The number of rotatable bonds is 1. The van der Waals surface area contributed by atoms with E-state index in [0.29, 0.717) is 0 Å². The lowest BCUT2D eigenvalue weighted by molar-refractivity contribution is -0.128. The molecule has 0 aliphatic carbocycles. The number of benzene rings is 1. The predicted molar refractivity (Wildman–Crippen MR) is 48.9 cm³/mol. The van der Waals surface area contributed by atoms with Crippen LogP contribution in [0, 0.1) is 6.92 Å². The van der Waals surface area contributed by atoms with Gasteiger partial charge in [-0.05, 0) is 12.5 Å². The highest BCUT2D eigenvalue weighted by Gasteiger charge is 2.38. The summed E-state index contributed by atoms with van der Waals surface area (Å²) < 4.78 is 36.7. The summed E-state index contributed by atoms with van der Waals surface area (Å²) in [6.45, 7) is 1.76. The molecule has 0 N–H and O–H groups in total. The van der Waals surface area contributed by atoms with Gasteiger partial charge < -0.3 is 0 Å². The van der Waals surface area contributed by atoms with Crippen LogP contribution in [0.4, 0.5) is 13.2 Å². The van der Waals surface area contributed by atoms with Crippen LogP contribution in [0.2, 0.25) is 0 Å². The molecule has 0 saturated heterocycles. The van der Waals surface area contributed by atoms with Gasteiger partial charge in [0.1, 0.15) is 4.83 Å². The molecule has 0 bridgehead atoms. The summed E-state index contributed by atoms with van der Waals surface area (Å²) in [5.74, 6) is 0. The number of aryl methyl sites for hydroxylation is 1. The summed E-state index contributed by atoms with van der Waals surface area (Å²) in [6.07, 6.45) is -4.23. The Morgan fingerprint density at radius 1 is 1.31 bits per heavy atom. The van der Waals surface area contributed by atoms with E-state index in [4.69, 9.17) is 0 Å². The van der Waals surface area contributed by atoms with Crippen LogP contribution in [0.25, 0.3) is 0 Å². The lowest BCUT2D eigenvalue weighted by Crippen LogP contribution is -2.15. The summed E-state index contributed by atoms with van der Waals surface area (Å²) in [6, 6.07) is 6.36. The highest BCUT2D eigenvalue weighted by Crippen LogP contribution is 2.39. The zero-order chi connectivity index (χ0) is 10.1. The first-order valence-corrected chi connectivity index (χ1v) is 4.60. The summed E-state index contributed by atoms with van der Waals surface area (Å²) in [5.41, 5.74) is 1.07. The Bertz CT molecular complexity index is 293. The van der Waals surface area contributed by atoms with E-state index in [1.165, 1.54) is 12.1 Å². The molecule has 0 aromatic heterocycles. The monoisotopic (exact) mass is 252 g/mol. The molecule has 0 amide bonds. The maximum Gasteiger partial charge on any atom is 0.405 e. The van der Waals surface area contributed by atoms with Crippen LogP contribution in [-0.2, 0) is 0 Å². The van der Waals surface area contributed by atoms with Crippen LogP contribution in [0.5, 0.6) is 0 Å². The zero-order valence-electron chi connectivity index (χ0n) is 6.90. The lowest BCUT2D eigenvalue weighted by atomic mass is 10.1. The molecule has 0 nitrogen and oxygen atoms in total. The van der Waals surface area contributed by atoms with E-state index < -0.39 is 11.0 Å². The van der Waals surface area contributed by atoms with Gasteiger partial charge in [0, 0.05) is 0 Å². The minimum Gasteiger partial charge on any atom is -0.169 e. The fourth-order valence-electron chi connectivity index (χ4n) is 1.02. The summed E-state index contributed by atoms with van der Waals surface area (Å²) in [7, 11) is 0. The Hall–Kier alpha value is -0.510. The van der Waals surface area contributed by atoms with Gasteiger partial charge in [-0.1, -0.05) is 45.8 Å². The molecule has 4 heteroatoms. The predicted octanol–water partition coefficient (Wildman–Crippen LogP) is 3.99. The third kappa shape index (κ3) is 2.72. The van der Waals surface area contributed by atoms with E-state index in [1.807, 2.05) is 0 Å². The SMILES string of the molecule is Cc1cccc(C(Br)C(F)(F)F)c1. The highest BCUT2D eigenvalue weighted by molar-refractivity contribution is 9.09. The Kier molecular flexibility index (Phi) is 3.01. The molecule has 1 aromatic rings. The molecule has 0 spiro atoms. The van der Waals surface area contributed by atoms with Crippen molar-refractivity contribution in [3.8, 4) is 0 Å². The quantitative estimate of drug-likeness (QED) is 0.663. The maximum absolute atomic E-state index is 12.2. The van der Waals surface area contributed by atoms with Gasteiger partial charge in [-0.2, -0.15) is 13.2 Å². The van der Waals surface area contributed by atoms with Gasteiger partial charge in [0.05, 0.1) is 0 Å². The molecule has 1 rings (SSSR count). The van der Waals surface area contributed by atoms with E-state index in [0.717, 1.165) is 5.56 Å². The summed E-state index contributed by atoms with van der Waals surface area (Å²) in [4.78, 5) is -1.57. The van der Waals surface area contributed by atoms with Crippen LogP contribution < -0.4 is 0 Å². The average molecular weight is 253 g/mol. The fourth-order valence-corrected chi connectivity index (χ4v) is 1.30. The second-order valence-corrected chi connectivity index (χ2v) is 3.73. The van der Waals surface area contributed by atoms with Gasteiger partial charge in [0.25, 0.3) is 0 Å². The number of hydrogen-bond donors (Lipinski definition) is 0. The smallest absolute Gasteiger partial charge is 0.169 e. The van der Waals surface area contributed by atoms with Crippen molar-refractivity contribution in [2.45, 2.75) is 17.9 Å². The van der Waals surface area contributed by atoms with E-state index in [9.17, 15) is 13.2 Å². The molecule has 0 fully saturated rings. The van der Waals surface area contributed by atoms with Gasteiger partial charge in [0.2, 0.25) is 0 Å². The van der Waals surface area contributed by atoms with Crippen molar-refractivity contribution in [1.29, 1.82) is 0 Å². The van der Waals surface area contributed by atoms with Crippen molar-refractivity contribution >= 4 is 15.9 Å². The van der Waals surface area contributed by atoms with Crippen molar-refractivity contribution < 1.29 is 13.2 Å². The minimum atomic E-state index is -4.23. The molecule has 1 unspecified atom stereocenters. The molecule has 1 atom stereocenters. The third-order valence-corrected chi connectivity index (χ3v) is 2.67. The first-order valence-electron chi connectivity index (χ1n) is 3.68. The van der Waals surface area contributed by atoms with Crippen molar-refractivity contribution in [3.05, 3.63) is 35.4 Å². The number of halogens is 4. The number of hydrogen-bond acceptors (Lipinski definition) is 0.